The molecule has 0 aromatic heterocycles. The van der Waals surface area contributed by atoms with E-state index in [4.69, 9.17) is 10.5 Å². The molecule has 2 N–H and O–H groups in total. The molecule has 1 aromatic carbocycles. The number of rotatable bonds is 5. The Kier molecular flexibility index (Phi) is 4.91. The van der Waals surface area contributed by atoms with Gasteiger partial charge >= 0.3 is 0 Å². The molecule has 2 rings (SSSR count). The van der Waals surface area contributed by atoms with Crippen molar-refractivity contribution < 1.29 is 4.74 Å². The van der Waals surface area contributed by atoms with Gasteiger partial charge in [0.25, 0.3) is 0 Å². The van der Waals surface area contributed by atoms with Gasteiger partial charge in [0.05, 0.1) is 18.5 Å². The second-order valence-corrected chi connectivity index (χ2v) is 6.70. The average molecular weight is 316 g/mol. The van der Waals surface area contributed by atoms with Gasteiger partial charge in [-0.05, 0) is 24.1 Å². The molecule has 2 unspecified atom stereocenters. The molecule has 2 atom stereocenters. The molecule has 2 nitrogen and oxygen atoms in total. The highest BCUT2D eigenvalue weighted by Gasteiger charge is 2.27. The largest absolute Gasteiger partial charge is 0.379 e. The molecule has 94 valence electrons. The fourth-order valence-electron chi connectivity index (χ4n) is 1.79. The van der Waals surface area contributed by atoms with E-state index < -0.39 is 0 Å². The van der Waals surface area contributed by atoms with E-state index in [1.807, 2.05) is 11.8 Å². The first-order chi connectivity index (χ1) is 8.20. The summed E-state index contributed by atoms with van der Waals surface area (Å²) in [5, 5.41) is 0.989. The first kappa shape index (κ1) is 13.4. The lowest BCUT2D eigenvalue weighted by Crippen LogP contribution is -2.34. The normalized spacial score (nSPS) is 19.7. The Hall–Kier alpha value is -0.0300. The van der Waals surface area contributed by atoms with Crippen molar-refractivity contribution in [1.29, 1.82) is 0 Å². The molecule has 1 aliphatic heterocycles. The molecular weight excluding hydrogens is 298 g/mol. The topological polar surface area (TPSA) is 35.2 Å². The van der Waals surface area contributed by atoms with Crippen LogP contribution in [0.25, 0.3) is 0 Å². The van der Waals surface area contributed by atoms with E-state index in [1.165, 1.54) is 5.56 Å². The predicted octanol–water partition coefficient (Wildman–Crippen LogP) is 3.36. The van der Waals surface area contributed by atoms with Crippen LogP contribution < -0.4 is 5.73 Å². The Bertz CT molecular complexity index is 353. The highest BCUT2D eigenvalue weighted by molar-refractivity contribution is 9.10. The molecule has 0 amide bonds. The summed E-state index contributed by atoms with van der Waals surface area (Å²) in [5.74, 6) is 0. The van der Waals surface area contributed by atoms with Crippen molar-refractivity contribution in [2.45, 2.75) is 29.9 Å². The molecular formula is C13H18BrNOS. The lowest BCUT2D eigenvalue weighted by molar-refractivity contribution is 0.0452. The molecule has 0 bridgehead atoms. The second-order valence-electron chi connectivity index (χ2n) is 4.34. The molecule has 17 heavy (non-hydrogen) atoms. The second kappa shape index (κ2) is 6.23. The van der Waals surface area contributed by atoms with Gasteiger partial charge in [-0.2, -0.15) is 0 Å². The zero-order valence-electron chi connectivity index (χ0n) is 9.93. The molecule has 1 aromatic rings. The minimum atomic E-state index is 0.210. The number of hydrogen-bond donors (Lipinski definition) is 1. The van der Waals surface area contributed by atoms with Crippen LogP contribution in [0.1, 0.15) is 24.2 Å². The van der Waals surface area contributed by atoms with Crippen LogP contribution in [-0.2, 0) is 4.74 Å². The van der Waals surface area contributed by atoms with E-state index >= 15 is 0 Å². The van der Waals surface area contributed by atoms with Crippen molar-refractivity contribution >= 4 is 27.7 Å². The minimum Gasteiger partial charge on any atom is -0.379 e. The Balaban J connectivity index is 2.10. The Morgan fingerprint density at radius 3 is 2.53 bits per heavy atom. The summed E-state index contributed by atoms with van der Waals surface area (Å²) in [6.45, 7) is 3.89. The van der Waals surface area contributed by atoms with Gasteiger partial charge in [-0.25, -0.2) is 0 Å². The maximum atomic E-state index is 6.24. The highest BCUT2D eigenvalue weighted by atomic mass is 79.9. The molecule has 1 fully saturated rings. The summed E-state index contributed by atoms with van der Waals surface area (Å²) in [6, 6.07) is 8.71. The maximum absolute atomic E-state index is 6.24. The first-order valence-corrected chi connectivity index (χ1v) is 7.68. The van der Waals surface area contributed by atoms with Gasteiger partial charge in [-0.3, -0.25) is 0 Å². The molecule has 0 radical (unpaired) electrons. The van der Waals surface area contributed by atoms with E-state index in [-0.39, 0.29) is 6.04 Å². The van der Waals surface area contributed by atoms with Gasteiger partial charge in [-0.15, -0.1) is 11.8 Å². The third-order valence-electron chi connectivity index (χ3n) is 3.01. The summed E-state index contributed by atoms with van der Waals surface area (Å²) < 4.78 is 6.35. The number of nitrogens with two attached hydrogens (primary N) is 1. The third kappa shape index (κ3) is 3.47. The Morgan fingerprint density at radius 1 is 1.41 bits per heavy atom. The van der Waals surface area contributed by atoms with Crippen LogP contribution in [-0.4, -0.2) is 24.5 Å². The molecule has 0 spiro atoms. The Morgan fingerprint density at radius 2 is 2.06 bits per heavy atom. The van der Waals surface area contributed by atoms with Crippen LogP contribution in [0.5, 0.6) is 0 Å². The molecule has 0 aliphatic carbocycles. The van der Waals surface area contributed by atoms with E-state index in [0.717, 1.165) is 24.1 Å². The molecule has 1 heterocycles. The standard InChI is InChI=1S/C13H18BrNOS/c1-2-12(15)13(17-11-7-16-8-11)9-3-5-10(14)6-4-9/h3-6,11-13H,2,7-8,15H2,1H3. The summed E-state index contributed by atoms with van der Waals surface area (Å²) in [4.78, 5) is 0. The van der Waals surface area contributed by atoms with Crippen LogP contribution in [0.4, 0.5) is 0 Å². The predicted molar refractivity (Wildman–Crippen MR) is 77.3 cm³/mol. The van der Waals surface area contributed by atoms with E-state index in [1.54, 1.807) is 0 Å². The lowest BCUT2D eigenvalue weighted by atomic mass is 10.0. The van der Waals surface area contributed by atoms with Crippen molar-refractivity contribution in [1.82, 2.24) is 0 Å². The van der Waals surface area contributed by atoms with E-state index in [0.29, 0.717) is 10.5 Å². The third-order valence-corrected chi connectivity index (χ3v) is 5.11. The number of halogens is 1. The zero-order valence-corrected chi connectivity index (χ0v) is 12.3. The van der Waals surface area contributed by atoms with Crippen LogP contribution in [0.15, 0.2) is 28.7 Å². The lowest BCUT2D eigenvalue weighted by Gasteiger charge is -2.32. The molecule has 4 heteroatoms. The molecule has 1 saturated heterocycles. The quantitative estimate of drug-likeness (QED) is 0.905. The molecule has 0 saturated carbocycles. The Labute approximate surface area is 115 Å². The summed E-state index contributed by atoms with van der Waals surface area (Å²) >= 11 is 5.42. The number of benzene rings is 1. The van der Waals surface area contributed by atoms with Crippen LogP contribution in [0.3, 0.4) is 0 Å². The van der Waals surface area contributed by atoms with Gasteiger partial charge in [-0.1, -0.05) is 35.0 Å². The van der Waals surface area contributed by atoms with Crippen LogP contribution in [0.2, 0.25) is 0 Å². The van der Waals surface area contributed by atoms with Crippen LogP contribution >= 0.6 is 27.7 Å². The van der Waals surface area contributed by atoms with Crippen molar-refractivity contribution in [2.24, 2.45) is 5.73 Å². The summed E-state index contributed by atoms with van der Waals surface area (Å²) in [5.41, 5.74) is 7.56. The first-order valence-electron chi connectivity index (χ1n) is 5.95. The maximum Gasteiger partial charge on any atom is 0.0608 e. The van der Waals surface area contributed by atoms with E-state index in [2.05, 4.69) is 47.1 Å². The smallest absolute Gasteiger partial charge is 0.0608 e. The van der Waals surface area contributed by atoms with Gasteiger partial charge in [0, 0.05) is 15.8 Å². The number of thioether (sulfide) groups is 1. The summed E-state index contributed by atoms with van der Waals surface area (Å²) in [7, 11) is 0. The summed E-state index contributed by atoms with van der Waals surface area (Å²) in [6.07, 6.45) is 1.00. The minimum absolute atomic E-state index is 0.210. The fourth-order valence-corrected chi connectivity index (χ4v) is 3.53. The molecule has 1 aliphatic rings. The SMILES string of the molecule is CCC(N)C(SC1COC1)c1ccc(Br)cc1. The zero-order chi connectivity index (χ0) is 12.3. The van der Waals surface area contributed by atoms with E-state index in [9.17, 15) is 0 Å². The van der Waals surface area contributed by atoms with Gasteiger partial charge in [0.2, 0.25) is 0 Å². The number of hydrogen-bond acceptors (Lipinski definition) is 3. The van der Waals surface area contributed by atoms with Crippen molar-refractivity contribution in [3.8, 4) is 0 Å². The van der Waals surface area contributed by atoms with Gasteiger partial charge < -0.3 is 10.5 Å². The number of ether oxygens (including phenoxy) is 1. The fraction of sp³-hybridized carbons (Fsp3) is 0.538. The van der Waals surface area contributed by atoms with Gasteiger partial charge in [0.15, 0.2) is 0 Å². The average Bonchev–Trinajstić information content (AvgIpc) is 2.29. The van der Waals surface area contributed by atoms with Crippen molar-refractivity contribution in [2.75, 3.05) is 13.2 Å². The monoisotopic (exact) mass is 315 g/mol. The van der Waals surface area contributed by atoms with Crippen molar-refractivity contribution in [3.63, 3.8) is 0 Å². The van der Waals surface area contributed by atoms with Crippen LogP contribution in [0, 0.1) is 0 Å². The van der Waals surface area contributed by atoms with Gasteiger partial charge in [0.1, 0.15) is 0 Å². The van der Waals surface area contributed by atoms with Crippen molar-refractivity contribution in [3.05, 3.63) is 34.3 Å². The highest BCUT2D eigenvalue weighted by Crippen LogP contribution is 2.38.